The molecule has 0 aromatic carbocycles. The molecule has 0 aromatic heterocycles. The third kappa shape index (κ3) is 7.40. The molecule has 0 saturated heterocycles. The summed E-state index contributed by atoms with van der Waals surface area (Å²) in [6.45, 7) is 3.44. The van der Waals surface area contributed by atoms with Crippen LogP contribution in [0.1, 0.15) is 33.1 Å². The molecule has 2 N–H and O–H groups in total. The van der Waals surface area contributed by atoms with Gasteiger partial charge in [0.2, 0.25) is 5.91 Å². The third-order valence-electron chi connectivity index (χ3n) is 2.64. The molecule has 7 nitrogen and oxygen atoms in total. The second-order valence-electron chi connectivity index (χ2n) is 4.71. The Balaban J connectivity index is 4.39. The first-order valence-electron chi connectivity index (χ1n) is 5.86. The maximum Gasteiger partial charge on any atom is 0.326 e. The van der Waals surface area contributed by atoms with Crippen LogP contribution in [-0.4, -0.2) is 48.8 Å². The fraction of sp³-hybridized carbons (Fsp3) is 0.750. The quantitative estimate of drug-likeness (QED) is 0.619. The minimum Gasteiger partial charge on any atom is -0.480 e. The molecule has 0 bridgehead atoms. The fourth-order valence-corrected chi connectivity index (χ4v) is 1.33. The Morgan fingerprint density at radius 3 is 2.26 bits per heavy atom. The number of carboxylic acid groups (broad SMARTS) is 1. The summed E-state index contributed by atoms with van der Waals surface area (Å²) in [6.07, 6.45) is -0.0475. The van der Waals surface area contributed by atoms with Crippen molar-refractivity contribution in [2.75, 3.05) is 14.2 Å². The van der Waals surface area contributed by atoms with Crippen molar-refractivity contribution in [3.05, 3.63) is 0 Å². The molecule has 0 unspecified atom stereocenters. The van der Waals surface area contributed by atoms with E-state index in [9.17, 15) is 14.4 Å². The van der Waals surface area contributed by atoms with E-state index in [2.05, 4.69) is 10.1 Å². The van der Waals surface area contributed by atoms with Crippen LogP contribution in [-0.2, 0) is 23.9 Å². The lowest BCUT2D eigenvalue weighted by atomic mass is 10.0. The number of esters is 1. The second kappa shape index (κ2) is 7.73. The summed E-state index contributed by atoms with van der Waals surface area (Å²) in [4.78, 5) is 33.6. The summed E-state index contributed by atoms with van der Waals surface area (Å²) in [7, 11) is 2.69. The number of ether oxygens (including phenoxy) is 2. The number of carbonyl (C=O) groups excluding carboxylic acids is 2. The van der Waals surface area contributed by atoms with Crippen molar-refractivity contribution in [1.82, 2.24) is 5.32 Å². The molecule has 0 spiro atoms. The summed E-state index contributed by atoms with van der Waals surface area (Å²) in [5, 5.41) is 11.3. The van der Waals surface area contributed by atoms with Crippen LogP contribution < -0.4 is 5.32 Å². The highest BCUT2D eigenvalue weighted by molar-refractivity contribution is 5.84. The number of hydrogen-bond acceptors (Lipinski definition) is 5. The van der Waals surface area contributed by atoms with Crippen LogP contribution in [0.4, 0.5) is 0 Å². The van der Waals surface area contributed by atoms with Crippen molar-refractivity contribution < 1.29 is 29.0 Å². The van der Waals surface area contributed by atoms with Crippen LogP contribution in [0.2, 0.25) is 0 Å². The molecule has 0 radical (unpaired) electrons. The van der Waals surface area contributed by atoms with Gasteiger partial charge in [-0.3, -0.25) is 9.59 Å². The molecule has 1 atom stereocenters. The first kappa shape index (κ1) is 17.4. The zero-order valence-electron chi connectivity index (χ0n) is 11.7. The number of hydrogen-bond donors (Lipinski definition) is 2. The first-order valence-corrected chi connectivity index (χ1v) is 5.86. The molecule has 110 valence electrons. The van der Waals surface area contributed by atoms with E-state index < -0.39 is 29.5 Å². The van der Waals surface area contributed by atoms with E-state index in [1.54, 1.807) is 13.8 Å². The van der Waals surface area contributed by atoms with E-state index in [-0.39, 0.29) is 19.3 Å². The Kier molecular flexibility index (Phi) is 7.06. The standard InChI is InChI=1S/C12H21NO6/c1-12(2,19-4)7-9(14)13-8(11(16)17)5-6-10(15)18-3/h8H,5-7H2,1-4H3,(H,13,14)(H,16,17)/t8-/m1/s1. The molecule has 0 aliphatic rings. The average Bonchev–Trinajstić information content (AvgIpc) is 2.32. The van der Waals surface area contributed by atoms with Gasteiger partial charge in [-0.2, -0.15) is 0 Å². The monoisotopic (exact) mass is 275 g/mol. The molecule has 0 saturated carbocycles. The van der Waals surface area contributed by atoms with E-state index in [4.69, 9.17) is 9.84 Å². The van der Waals surface area contributed by atoms with Crippen molar-refractivity contribution >= 4 is 17.8 Å². The summed E-state index contributed by atoms with van der Waals surface area (Å²) in [5.74, 6) is -2.14. The Bertz CT molecular complexity index is 339. The number of methoxy groups -OCH3 is 2. The van der Waals surface area contributed by atoms with Gasteiger partial charge < -0.3 is 19.9 Å². The number of amides is 1. The van der Waals surface area contributed by atoms with Crippen LogP contribution in [0.5, 0.6) is 0 Å². The molecule has 0 aromatic rings. The Hall–Kier alpha value is -1.63. The van der Waals surface area contributed by atoms with Crippen LogP contribution in [0.3, 0.4) is 0 Å². The first-order chi connectivity index (χ1) is 8.71. The topological polar surface area (TPSA) is 102 Å². The lowest BCUT2D eigenvalue weighted by Crippen LogP contribution is -2.43. The summed E-state index contributed by atoms with van der Waals surface area (Å²) >= 11 is 0. The van der Waals surface area contributed by atoms with E-state index >= 15 is 0 Å². The number of carboxylic acids is 1. The average molecular weight is 275 g/mol. The highest BCUT2D eigenvalue weighted by Crippen LogP contribution is 2.13. The van der Waals surface area contributed by atoms with Gasteiger partial charge in [-0.05, 0) is 20.3 Å². The highest BCUT2D eigenvalue weighted by Gasteiger charge is 2.26. The summed E-state index contributed by atoms with van der Waals surface area (Å²) in [5.41, 5.74) is -0.671. The van der Waals surface area contributed by atoms with Gasteiger partial charge in [0.25, 0.3) is 0 Å². The molecule has 0 rings (SSSR count). The SMILES string of the molecule is COC(=O)CC[C@@H](NC(=O)CC(C)(C)OC)C(=O)O. The third-order valence-corrected chi connectivity index (χ3v) is 2.64. The van der Waals surface area contributed by atoms with Gasteiger partial charge in [0, 0.05) is 13.5 Å². The van der Waals surface area contributed by atoms with Crippen molar-refractivity contribution in [2.24, 2.45) is 0 Å². The molecular weight excluding hydrogens is 254 g/mol. The minimum atomic E-state index is -1.19. The van der Waals surface area contributed by atoms with Gasteiger partial charge in [-0.25, -0.2) is 4.79 Å². The molecule has 7 heteroatoms. The maximum absolute atomic E-state index is 11.7. The molecule has 0 heterocycles. The normalized spacial score (nSPS) is 12.6. The zero-order chi connectivity index (χ0) is 15.1. The van der Waals surface area contributed by atoms with Gasteiger partial charge in [-0.1, -0.05) is 0 Å². The van der Waals surface area contributed by atoms with Crippen molar-refractivity contribution in [3.63, 3.8) is 0 Å². The van der Waals surface area contributed by atoms with E-state index in [1.165, 1.54) is 14.2 Å². The summed E-state index contributed by atoms with van der Waals surface area (Å²) in [6, 6.07) is -1.11. The highest BCUT2D eigenvalue weighted by atomic mass is 16.5. The lowest BCUT2D eigenvalue weighted by molar-refractivity contribution is -0.144. The molecule has 0 aliphatic carbocycles. The fourth-order valence-electron chi connectivity index (χ4n) is 1.33. The van der Waals surface area contributed by atoms with Crippen LogP contribution >= 0.6 is 0 Å². The zero-order valence-corrected chi connectivity index (χ0v) is 11.7. The molecular formula is C12H21NO6. The van der Waals surface area contributed by atoms with Gasteiger partial charge >= 0.3 is 11.9 Å². The number of nitrogens with one attached hydrogen (secondary N) is 1. The van der Waals surface area contributed by atoms with Crippen molar-refractivity contribution in [3.8, 4) is 0 Å². The lowest BCUT2D eigenvalue weighted by Gasteiger charge is -2.23. The van der Waals surface area contributed by atoms with Crippen LogP contribution in [0, 0.1) is 0 Å². The number of carbonyl (C=O) groups is 3. The molecule has 1 amide bonds. The minimum absolute atomic E-state index is 0.0127. The van der Waals surface area contributed by atoms with Crippen LogP contribution in [0.15, 0.2) is 0 Å². The maximum atomic E-state index is 11.7. The Labute approximate surface area is 112 Å². The van der Waals surface area contributed by atoms with E-state index in [1.807, 2.05) is 0 Å². The Morgan fingerprint density at radius 2 is 1.84 bits per heavy atom. The van der Waals surface area contributed by atoms with Crippen molar-refractivity contribution in [1.29, 1.82) is 0 Å². The number of rotatable bonds is 8. The summed E-state index contributed by atoms with van der Waals surface area (Å²) < 4.78 is 9.50. The largest absolute Gasteiger partial charge is 0.480 e. The molecule has 19 heavy (non-hydrogen) atoms. The van der Waals surface area contributed by atoms with Crippen molar-refractivity contribution in [2.45, 2.75) is 44.8 Å². The predicted octanol–water partition coefficient (Wildman–Crippen LogP) is 0.324. The molecule has 0 aliphatic heterocycles. The second-order valence-corrected chi connectivity index (χ2v) is 4.71. The smallest absolute Gasteiger partial charge is 0.326 e. The van der Waals surface area contributed by atoms with E-state index in [0.29, 0.717) is 0 Å². The van der Waals surface area contributed by atoms with Gasteiger partial charge in [0.05, 0.1) is 19.1 Å². The van der Waals surface area contributed by atoms with Crippen LogP contribution in [0.25, 0.3) is 0 Å². The van der Waals surface area contributed by atoms with Gasteiger partial charge in [0.1, 0.15) is 6.04 Å². The predicted molar refractivity (Wildman–Crippen MR) is 66.5 cm³/mol. The molecule has 0 fully saturated rings. The Morgan fingerprint density at radius 1 is 1.26 bits per heavy atom. The number of aliphatic carboxylic acids is 1. The van der Waals surface area contributed by atoms with Gasteiger partial charge in [0.15, 0.2) is 0 Å². The van der Waals surface area contributed by atoms with E-state index in [0.717, 1.165) is 0 Å². The van der Waals surface area contributed by atoms with Gasteiger partial charge in [-0.15, -0.1) is 0 Å².